The fourth-order valence-corrected chi connectivity index (χ4v) is 2.02. The van der Waals surface area contributed by atoms with Crippen LogP contribution in [-0.4, -0.2) is 0 Å². The second-order valence-corrected chi connectivity index (χ2v) is 5.06. The molecule has 0 unspecified atom stereocenters. The molecule has 0 aliphatic carbocycles. The summed E-state index contributed by atoms with van der Waals surface area (Å²) >= 11 is 0. The highest BCUT2D eigenvalue weighted by atomic mass is 19.4. The molecule has 0 saturated carbocycles. The smallest absolute Gasteiger partial charge is 0.421 e. The highest BCUT2D eigenvalue weighted by Crippen LogP contribution is 2.45. The van der Waals surface area contributed by atoms with E-state index in [-0.39, 0.29) is 12.1 Å². The quantitative estimate of drug-likeness (QED) is 0.496. The molecule has 2 rings (SSSR count). The minimum atomic E-state index is -5.14. The minimum Gasteiger partial charge on any atom is -0.457 e. The molecule has 0 aliphatic rings. The molecule has 0 aromatic heterocycles. The Morgan fingerprint density at radius 2 is 1.15 bits per heavy atom. The summed E-state index contributed by atoms with van der Waals surface area (Å²) in [5.74, 6) is -1.80. The van der Waals surface area contributed by atoms with Crippen molar-refractivity contribution in [2.75, 3.05) is 5.73 Å². The van der Waals surface area contributed by atoms with Gasteiger partial charge < -0.3 is 10.5 Å². The number of nitrogen functional groups attached to an aromatic ring is 1. The Labute approximate surface area is 140 Å². The Kier molecular flexibility index (Phi) is 4.77. The van der Waals surface area contributed by atoms with E-state index in [1.54, 1.807) is 0 Å². The number of anilines is 1. The van der Waals surface area contributed by atoms with Gasteiger partial charge in [0.2, 0.25) is 0 Å². The van der Waals surface area contributed by atoms with Gasteiger partial charge in [0, 0.05) is 5.69 Å². The van der Waals surface area contributed by atoms with Crippen molar-refractivity contribution in [3.63, 3.8) is 0 Å². The summed E-state index contributed by atoms with van der Waals surface area (Å²) in [7, 11) is 0. The average molecular weight is 389 g/mol. The van der Waals surface area contributed by atoms with Crippen LogP contribution in [0.15, 0.2) is 36.4 Å². The van der Waals surface area contributed by atoms with Crippen molar-refractivity contribution < 1.29 is 44.3 Å². The summed E-state index contributed by atoms with van der Waals surface area (Å²) in [5.41, 5.74) is -0.401. The molecule has 0 radical (unpaired) electrons. The molecular formula is C15H8F9NO. The number of hydrogen-bond donors (Lipinski definition) is 1. The molecule has 0 fully saturated rings. The standard InChI is InChI=1S/C15H8F9NO/c16-13(17,18)7-1-3-9(4-2-7)26-11-6-8(14(19,20)21)5-10(25)12(11)15(22,23)24/h1-6H,25H2. The Bertz CT molecular complexity index is 789. The van der Waals surface area contributed by atoms with Crippen molar-refractivity contribution in [3.8, 4) is 11.5 Å². The monoisotopic (exact) mass is 389 g/mol. The second-order valence-electron chi connectivity index (χ2n) is 5.06. The molecule has 142 valence electrons. The lowest BCUT2D eigenvalue weighted by molar-refractivity contribution is -0.141. The van der Waals surface area contributed by atoms with Gasteiger partial charge in [-0.05, 0) is 36.4 Å². The number of benzene rings is 2. The number of hydrogen-bond acceptors (Lipinski definition) is 2. The van der Waals surface area contributed by atoms with Gasteiger partial charge in [0.1, 0.15) is 17.1 Å². The molecule has 0 atom stereocenters. The molecule has 0 saturated heterocycles. The first-order valence-corrected chi connectivity index (χ1v) is 6.62. The number of rotatable bonds is 2. The van der Waals surface area contributed by atoms with Crippen LogP contribution in [0.25, 0.3) is 0 Å². The van der Waals surface area contributed by atoms with Crippen molar-refractivity contribution in [1.29, 1.82) is 0 Å². The fraction of sp³-hybridized carbons (Fsp3) is 0.200. The largest absolute Gasteiger partial charge is 0.457 e. The zero-order chi connectivity index (χ0) is 19.9. The molecule has 0 aliphatic heterocycles. The highest BCUT2D eigenvalue weighted by molar-refractivity contribution is 5.59. The molecule has 0 amide bonds. The Morgan fingerprint density at radius 1 is 0.654 bits per heavy atom. The van der Waals surface area contributed by atoms with Crippen LogP contribution >= 0.6 is 0 Å². The van der Waals surface area contributed by atoms with Gasteiger partial charge in [-0.15, -0.1) is 0 Å². The van der Waals surface area contributed by atoms with Crippen molar-refractivity contribution in [3.05, 3.63) is 53.1 Å². The molecule has 2 aromatic carbocycles. The molecular weight excluding hydrogens is 381 g/mol. The average Bonchev–Trinajstić information content (AvgIpc) is 2.43. The third kappa shape index (κ3) is 4.33. The van der Waals surface area contributed by atoms with E-state index in [1.165, 1.54) is 0 Å². The van der Waals surface area contributed by atoms with E-state index in [1.807, 2.05) is 0 Å². The van der Waals surface area contributed by atoms with Gasteiger partial charge in [-0.25, -0.2) is 0 Å². The van der Waals surface area contributed by atoms with Gasteiger partial charge >= 0.3 is 18.5 Å². The van der Waals surface area contributed by atoms with Gasteiger partial charge in [-0.1, -0.05) is 0 Å². The van der Waals surface area contributed by atoms with E-state index in [0.29, 0.717) is 24.3 Å². The molecule has 0 bridgehead atoms. The normalized spacial score (nSPS) is 13.0. The third-order valence-corrected chi connectivity index (χ3v) is 3.15. The van der Waals surface area contributed by atoms with Gasteiger partial charge in [0.05, 0.1) is 11.1 Å². The lowest BCUT2D eigenvalue weighted by atomic mass is 10.1. The zero-order valence-electron chi connectivity index (χ0n) is 12.4. The topological polar surface area (TPSA) is 35.2 Å². The lowest BCUT2D eigenvalue weighted by Crippen LogP contribution is -2.14. The van der Waals surface area contributed by atoms with Crippen LogP contribution in [-0.2, 0) is 18.5 Å². The van der Waals surface area contributed by atoms with Crippen molar-refractivity contribution in [1.82, 2.24) is 0 Å². The van der Waals surface area contributed by atoms with Gasteiger partial charge in [-0.3, -0.25) is 0 Å². The van der Waals surface area contributed by atoms with Crippen molar-refractivity contribution >= 4 is 5.69 Å². The van der Waals surface area contributed by atoms with E-state index >= 15 is 0 Å². The van der Waals surface area contributed by atoms with E-state index in [2.05, 4.69) is 0 Å². The number of alkyl halides is 9. The zero-order valence-corrected chi connectivity index (χ0v) is 12.4. The summed E-state index contributed by atoms with van der Waals surface area (Å²) in [5, 5.41) is 0. The Hall–Kier alpha value is -2.59. The summed E-state index contributed by atoms with van der Waals surface area (Å²) in [6, 6.07) is 2.57. The predicted molar refractivity (Wildman–Crippen MR) is 72.4 cm³/mol. The summed E-state index contributed by atoms with van der Waals surface area (Å²) < 4.78 is 120. The highest BCUT2D eigenvalue weighted by Gasteiger charge is 2.40. The van der Waals surface area contributed by atoms with Gasteiger partial charge in [0.25, 0.3) is 0 Å². The van der Waals surface area contributed by atoms with Crippen molar-refractivity contribution in [2.45, 2.75) is 18.5 Å². The molecule has 26 heavy (non-hydrogen) atoms. The number of nitrogens with two attached hydrogens (primary N) is 1. The summed E-state index contributed by atoms with van der Waals surface area (Å²) in [4.78, 5) is 0. The molecule has 2 nitrogen and oxygen atoms in total. The SMILES string of the molecule is Nc1cc(C(F)(F)F)cc(Oc2ccc(C(F)(F)F)cc2)c1C(F)(F)F. The summed E-state index contributed by atoms with van der Waals surface area (Å²) in [6.07, 6.45) is -14.8. The first-order chi connectivity index (χ1) is 11.7. The first-order valence-electron chi connectivity index (χ1n) is 6.62. The van der Waals surface area contributed by atoms with Crippen LogP contribution in [0.1, 0.15) is 16.7 Å². The number of halogens is 9. The predicted octanol–water partition coefficient (Wildman–Crippen LogP) is 6.12. The third-order valence-electron chi connectivity index (χ3n) is 3.15. The Morgan fingerprint density at radius 3 is 1.58 bits per heavy atom. The van der Waals surface area contributed by atoms with Crippen LogP contribution in [0, 0.1) is 0 Å². The fourth-order valence-electron chi connectivity index (χ4n) is 2.02. The van der Waals surface area contributed by atoms with Crippen LogP contribution < -0.4 is 10.5 Å². The van der Waals surface area contributed by atoms with Gasteiger partial charge in [-0.2, -0.15) is 39.5 Å². The molecule has 0 spiro atoms. The lowest BCUT2D eigenvalue weighted by Gasteiger charge is -2.18. The maximum atomic E-state index is 13.1. The van der Waals surface area contributed by atoms with Crippen LogP contribution in [0.2, 0.25) is 0 Å². The minimum absolute atomic E-state index is 0.0802. The number of ether oxygens (including phenoxy) is 1. The van der Waals surface area contributed by atoms with E-state index < -0.39 is 52.4 Å². The van der Waals surface area contributed by atoms with Gasteiger partial charge in [0.15, 0.2) is 0 Å². The Balaban J connectivity index is 2.51. The van der Waals surface area contributed by atoms with E-state index in [4.69, 9.17) is 10.5 Å². The molecule has 0 heterocycles. The van der Waals surface area contributed by atoms with Crippen LogP contribution in [0.5, 0.6) is 11.5 Å². The second kappa shape index (κ2) is 6.29. The maximum absolute atomic E-state index is 13.1. The molecule has 2 N–H and O–H groups in total. The van der Waals surface area contributed by atoms with E-state index in [9.17, 15) is 39.5 Å². The molecule has 11 heteroatoms. The summed E-state index contributed by atoms with van der Waals surface area (Å²) in [6.45, 7) is 0. The van der Waals surface area contributed by atoms with Crippen LogP contribution in [0.4, 0.5) is 45.2 Å². The first kappa shape index (κ1) is 19.7. The van der Waals surface area contributed by atoms with E-state index in [0.717, 1.165) is 0 Å². The molecule has 2 aromatic rings. The maximum Gasteiger partial charge on any atom is 0.421 e. The van der Waals surface area contributed by atoms with Crippen LogP contribution in [0.3, 0.4) is 0 Å². The van der Waals surface area contributed by atoms with Crippen molar-refractivity contribution in [2.24, 2.45) is 0 Å².